The van der Waals surface area contributed by atoms with Crippen molar-refractivity contribution in [1.29, 1.82) is 0 Å². The van der Waals surface area contributed by atoms with Crippen molar-refractivity contribution in [2.75, 3.05) is 0 Å². The zero-order valence-electron chi connectivity index (χ0n) is 13.8. The fourth-order valence-corrected chi connectivity index (χ4v) is 2.98. The van der Waals surface area contributed by atoms with Crippen molar-refractivity contribution < 1.29 is 4.57 Å². The van der Waals surface area contributed by atoms with Crippen LogP contribution in [0.1, 0.15) is 16.8 Å². The molecule has 3 heterocycles. The molecular weight excluding hydrogens is 296 g/mol. The van der Waals surface area contributed by atoms with Crippen LogP contribution >= 0.6 is 0 Å². The third kappa shape index (κ3) is 2.78. The van der Waals surface area contributed by atoms with Gasteiger partial charge in [-0.25, -0.2) is 9.55 Å². The van der Waals surface area contributed by atoms with Gasteiger partial charge in [0.2, 0.25) is 5.82 Å². The van der Waals surface area contributed by atoms with Gasteiger partial charge in [0.25, 0.3) is 6.33 Å². The van der Waals surface area contributed by atoms with Gasteiger partial charge in [-0.15, -0.1) is 0 Å². The van der Waals surface area contributed by atoms with Crippen molar-refractivity contribution in [2.45, 2.75) is 20.4 Å². The van der Waals surface area contributed by atoms with Crippen LogP contribution in [0.15, 0.2) is 67.3 Å². The molecule has 24 heavy (non-hydrogen) atoms. The predicted molar refractivity (Wildman–Crippen MR) is 94.1 cm³/mol. The average Bonchev–Trinajstić information content (AvgIpc) is 3.03. The minimum atomic E-state index is 0.799. The maximum atomic E-state index is 4.73. The second-order valence-corrected chi connectivity index (χ2v) is 6.10. The van der Waals surface area contributed by atoms with Crippen LogP contribution in [0, 0.1) is 13.8 Å². The lowest BCUT2D eigenvalue weighted by molar-refractivity contribution is -0.687. The Hall–Kier alpha value is -3.01. The van der Waals surface area contributed by atoms with E-state index in [1.807, 2.05) is 29.8 Å². The Balaban J connectivity index is 1.68. The third-order valence-electron chi connectivity index (χ3n) is 4.16. The van der Waals surface area contributed by atoms with Crippen molar-refractivity contribution in [3.8, 4) is 5.82 Å². The summed E-state index contributed by atoms with van der Waals surface area (Å²) in [5, 5.41) is 1.11. The minimum Gasteiger partial charge on any atom is -0.233 e. The molecule has 4 heteroatoms. The van der Waals surface area contributed by atoms with Gasteiger partial charge in [-0.1, -0.05) is 30.3 Å². The van der Waals surface area contributed by atoms with Crippen molar-refractivity contribution in [3.05, 3.63) is 84.1 Å². The van der Waals surface area contributed by atoms with E-state index >= 15 is 0 Å². The number of imidazole rings is 1. The van der Waals surface area contributed by atoms with Gasteiger partial charge in [0.1, 0.15) is 18.9 Å². The number of hydrogen-bond acceptors (Lipinski definition) is 2. The van der Waals surface area contributed by atoms with E-state index in [0.717, 1.165) is 29.1 Å². The SMILES string of the molecule is Cc1cc(C)c2ccc(-n3cc[n+](Cc4ccccc4)c3)nc2n1. The van der Waals surface area contributed by atoms with Gasteiger partial charge in [-0.05, 0) is 37.1 Å². The standard InChI is InChI=1S/C20H19N4/c1-15-12-16(2)21-20-18(15)8-9-19(22-20)24-11-10-23(14-24)13-17-6-4-3-5-7-17/h3-12,14H,13H2,1-2H3/q+1. The van der Waals surface area contributed by atoms with E-state index in [9.17, 15) is 0 Å². The number of nitrogens with zero attached hydrogens (tertiary/aromatic N) is 4. The molecule has 0 aliphatic heterocycles. The molecule has 0 spiro atoms. The Kier molecular flexibility index (Phi) is 3.58. The van der Waals surface area contributed by atoms with Crippen molar-refractivity contribution in [2.24, 2.45) is 0 Å². The maximum Gasteiger partial charge on any atom is 0.250 e. The number of aromatic nitrogens is 4. The van der Waals surface area contributed by atoms with Gasteiger partial charge in [-0.2, -0.15) is 9.55 Å². The maximum absolute atomic E-state index is 4.73. The van der Waals surface area contributed by atoms with Gasteiger partial charge in [0.15, 0.2) is 5.65 Å². The summed E-state index contributed by atoms with van der Waals surface area (Å²) in [6.07, 6.45) is 6.15. The summed E-state index contributed by atoms with van der Waals surface area (Å²) >= 11 is 0. The molecule has 4 nitrogen and oxygen atoms in total. The first-order valence-corrected chi connectivity index (χ1v) is 8.05. The Bertz CT molecular complexity index is 1000. The molecule has 0 unspecified atom stereocenters. The summed E-state index contributed by atoms with van der Waals surface area (Å²) in [5.74, 6) is 0.881. The zero-order valence-corrected chi connectivity index (χ0v) is 13.8. The Morgan fingerprint density at radius 1 is 1.00 bits per heavy atom. The van der Waals surface area contributed by atoms with Crippen LogP contribution in [0.2, 0.25) is 0 Å². The highest BCUT2D eigenvalue weighted by molar-refractivity contribution is 5.79. The Morgan fingerprint density at radius 3 is 2.67 bits per heavy atom. The number of pyridine rings is 2. The molecule has 0 aliphatic rings. The molecule has 0 saturated heterocycles. The van der Waals surface area contributed by atoms with E-state index in [4.69, 9.17) is 4.98 Å². The number of hydrogen-bond donors (Lipinski definition) is 0. The fourth-order valence-electron chi connectivity index (χ4n) is 2.98. The summed E-state index contributed by atoms with van der Waals surface area (Å²) in [5.41, 5.74) is 4.28. The van der Waals surface area contributed by atoms with Gasteiger partial charge >= 0.3 is 0 Å². The molecule has 4 aromatic rings. The number of rotatable bonds is 3. The number of fused-ring (bicyclic) bond motifs is 1. The fraction of sp³-hybridized carbons (Fsp3) is 0.150. The lowest BCUT2D eigenvalue weighted by Crippen LogP contribution is -2.31. The highest BCUT2D eigenvalue weighted by atomic mass is 15.2. The van der Waals surface area contributed by atoms with Crippen LogP contribution in [0.3, 0.4) is 0 Å². The molecule has 0 bridgehead atoms. The van der Waals surface area contributed by atoms with E-state index in [-0.39, 0.29) is 0 Å². The molecule has 0 radical (unpaired) electrons. The summed E-state index contributed by atoms with van der Waals surface area (Å²) in [7, 11) is 0. The first-order chi connectivity index (χ1) is 11.7. The molecule has 0 fully saturated rings. The van der Waals surface area contributed by atoms with Crippen molar-refractivity contribution in [3.63, 3.8) is 0 Å². The molecule has 1 aromatic carbocycles. The zero-order chi connectivity index (χ0) is 16.5. The molecule has 118 valence electrons. The Labute approximate surface area is 141 Å². The van der Waals surface area contributed by atoms with E-state index in [0.29, 0.717) is 0 Å². The van der Waals surface area contributed by atoms with Crippen LogP contribution in [0.25, 0.3) is 16.9 Å². The molecule has 0 amide bonds. The Morgan fingerprint density at radius 2 is 1.83 bits per heavy atom. The van der Waals surface area contributed by atoms with Gasteiger partial charge < -0.3 is 0 Å². The summed E-state index contributed by atoms with van der Waals surface area (Å²) in [6, 6.07) is 16.7. The normalized spacial score (nSPS) is 11.1. The number of benzene rings is 1. The summed E-state index contributed by atoms with van der Waals surface area (Å²) < 4.78 is 4.18. The molecule has 4 rings (SSSR count). The van der Waals surface area contributed by atoms with Crippen LogP contribution < -0.4 is 4.57 Å². The predicted octanol–water partition coefficient (Wildman–Crippen LogP) is 3.37. The van der Waals surface area contributed by atoms with Crippen molar-refractivity contribution >= 4 is 11.0 Å². The van der Waals surface area contributed by atoms with Crippen molar-refractivity contribution in [1.82, 2.24) is 14.5 Å². The second-order valence-electron chi connectivity index (χ2n) is 6.10. The molecule has 0 saturated carbocycles. The number of aryl methyl sites for hydroxylation is 2. The summed E-state index contributed by atoms with van der Waals surface area (Å²) in [4.78, 5) is 9.29. The minimum absolute atomic E-state index is 0.799. The first kappa shape index (κ1) is 14.6. The molecule has 0 atom stereocenters. The van der Waals surface area contributed by atoms with E-state index in [1.54, 1.807) is 0 Å². The molecule has 0 aliphatic carbocycles. The van der Waals surface area contributed by atoms with Crippen LogP contribution in [0.4, 0.5) is 0 Å². The highest BCUT2D eigenvalue weighted by Crippen LogP contribution is 2.17. The van der Waals surface area contributed by atoms with Gasteiger partial charge in [0.05, 0.1) is 0 Å². The monoisotopic (exact) mass is 315 g/mol. The van der Waals surface area contributed by atoms with Crippen LogP contribution in [-0.4, -0.2) is 14.5 Å². The van der Waals surface area contributed by atoms with Crippen LogP contribution in [-0.2, 0) is 6.54 Å². The smallest absolute Gasteiger partial charge is 0.233 e. The highest BCUT2D eigenvalue weighted by Gasteiger charge is 2.10. The van der Waals surface area contributed by atoms with E-state index in [2.05, 4.69) is 65.4 Å². The molecular formula is C20H19N4+. The largest absolute Gasteiger partial charge is 0.250 e. The summed E-state index contributed by atoms with van der Waals surface area (Å²) in [6.45, 7) is 4.95. The lowest BCUT2D eigenvalue weighted by atomic mass is 10.1. The van der Waals surface area contributed by atoms with Gasteiger partial charge in [0, 0.05) is 17.1 Å². The third-order valence-corrected chi connectivity index (χ3v) is 4.16. The lowest BCUT2D eigenvalue weighted by Gasteiger charge is -2.03. The topological polar surface area (TPSA) is 34.6 Å². The average molecular weight is 315 g/mol. The molecule has 0 N–H and O–H groups in total. The van der Waals surface area contributed by atoms with Gasteiger partial charge in [-0.3, -0.25) is 0 Å². The first-order valence-electron chi connectivity index (χ1n) is 8.05. The van der Waals surface area contributed by atoms with E-state index < -0.39 is 0 Å². The quantitative estimate of drug-likeness (QED) is 0.543. The van der Waals surface area contributed by atoms with E-state index in [1.165, 1.54) is 11.1 Å². The van der Waals surface area contributed by atoms with Crippen LogP contribution in [0.5, 0.6) is 0 Å². The molecule has 3 aromatic heterocycles. The second kappa shape index (κ2) is 5.89.